The Balaban J connectivity index is 1.52. The lowest BCUT2D eigenvalue weighted by Gasteiger charge is -2.48. The van der Waals surface area contributed by atoms with Gasteiger partial charge >= 0.3 is 6.18 Å². The summed E-state index contributed by atoms with van der Waals surface area (Å²) < 4.78 is 107. The van der Waals surface area contributed by atoms with Crippen molar-refractivity contribution in [3.05, 3.63) is 65.5 Å². The number of anilines is 1. The number of ether oxygens (including phenoxy) is 1. The van der Waals surface area contributed by atoms with Crippen LogP contribution in [-0.2, 0) is 10.0 Å². The highest BCUT2D eigenvalue weighted by Gasteiger charge is 2.57. The summed E-state index contributed by atoms with van der Waals surface area (Å²) in [4.78, 5) is 4.73. The summed E-state index contributed by atoms with van der Waals surface area (Å²) >= 11 is 0.763. The van der Waals surface area contributed by atoms with Crippen molar-refractivity contribution in [1.29, 1.82) is 0 Å². The Hall–Kier alpha value is -2.88. The first-order valence-corrected chi connectivity index (χ1v) is 13.7. The zero-order chi connectivity index (χ0) is 27.3. The van der Waals surface area contributed by atoms with E-state index in [4.69, 9.17) is 4.74 Å². The fourth-order valence-electron chi connectivity index (χ4n) is 4.94. The van der Waals surface area contributed by atoms with Gasteiger partial charge in [0.2, 0.25) is 5.13 Å². The van der Waals surface area contributed by atoms with Crippen LogP contribution in [0.15, 0.2) is 47.6 Å². The molecular formula is C23H21F5N4O4S2. The molecule has 0 spiro atoms. The standard InChI is InChI=1S/C23H21F5N4O4S2/c24-14-3-1-13(2-4-14)18-11-22(33,23(26,27)28)6-7-32(18)17-5-8-36-19-10-20(16(25)9-15(17)19)38(34,35)31-21-29-12-30-37-21/h1-4,9-10,12,17-18,33H,5-8,11H2,(H,29,30,31)/t17?,18-,22-/m0/s1. The highest BCUT2D eigenvalue weighted by molar-refractivity contribution is 7.93. The first kappa shape index (κ1) is 26.7. The molecule has 204 valence electrons. The fraction of sp³-hybridized carbons (Fsp3) is 0.391. The minimum absolute atomic E-state index is 0.0616. The van der Waals surface area contributed by atoms with Crippen molar-refractivity contribution >= 4 is 26.7 Å². The lowest BCUT2D eigenvalue weighted by molar-refractivity contribution is -0.280. The van der Waals surface area contributed by atoms with Crippen LogP contribution >= 0.6 is 11.5 Å². The maximum atomic E-state index is 15.2. The molecule has 38 heavy (non-hydrogen) atoms. The number of piperidine rings is 1. The Kier molecular flexibility index (Phi) is 6.82. The number of aliphatic hydroxyl groups is 1. The van der Waals surface area contributed by atoms with Gasteiger partial charge in [-0.2, -0.15) is 17.5 Å². The molecule has 2 aromatic carbocycles. The largest absolute Gasteiger partial charge is 0.493 e. The number of hydrogen-bond donors (Lipinski definition) is 2. The van der Waals surface area contributed by atoms with Crippen LogP contribution in [0.1, 0.15) is 42.5 Å². The van der Waals surface area contributed by atoms with Crippen molar-refractivity contribution in [3.8, 4) is 5.75 Å². The number of hydrogen-bond acceptors (Lipinski definition) is 8. The lowest BCUT2D eigenvalue weighted by Crippen LogP contribution is -2.55. The summed E-state index contributed by atoms with van der Waals surface area (Å²) in [6.07, 6.45) is -4.82. The first-order chi connectivity index (χ1) is 17.9. The fourth-order valence-corrected chi connectivity index (χ4v) is 6.68. The first-order valence-electron chi connectivity index (χ1n) is 11.4. The predicted octanol–water partition coefficient (Wildman–Crippen LogP) is 4.57. The van der Waals surface area contributed by atoms with Gasteiger partial charge in [0, 0.05) is 54.6 Å². The van der Waals surface area contributed by atoms with E-state index in [1.165, 1.54) is 12.1 Å². The van der Waals surface area contributed by atoms with Crippen LogP contribution in [0, 0.1) is 11.6 Å². The van der Waals surface area contributed by atoms with Crippen molar-refractivity contribution in [2.24, 2.45) is 0 Å². The lowest BCUT2D eigenvalue weighted by atomic mass is 9.81. The maximum Gasteiger partial charge on any atom is 0.417 e. The average Bonchev–Trinajstić information content (AvgIpc) is 3.35. The molecule has 1 saturated heterocycles. The monoisotopic (exact) mass is 576 g/mol. The average molecular weight is 577 g/mol. The zero-order valence-corrected chi connectivity index (χ0v) is 21.1. The normalized spacial score (nSPS) is 24.5. The zero-order valence-electron chi connectivity index (χ0n) is 19.5. The van der Waals surface area contributed by atoms with Crippen LogP contribution < -0.4 is 9.46 Å². The number of nitrogens with zero attached hydrogens (tertiary/aromatic N) is 3. The summed E-state index contributed by atoms with van der Waals surface area (Å²) in [7, 11) is -4.38. The Morgan fingerprint density at radius 1 is 1.16 bits per heavy atom. The third-order valence-corrected chi connectivity index (χ3v) is 8.91. The second kappa shape index (κ2) is 9.70. The van der Waals surface area contributed by atoms with Gasteiger partial charge in [0.15, 0.2) is 5.60 Å². The van der Waals surface area contributed by atoms with Crippen molar-refractivity contribution in [1.82, 2.24) is 14.3 Å². The number of likely N-dealkylation sites (tertiary alicyclic amines) is 1. The molecule has 8 nitrogen and oxygen atoms in total. The number of alkyl halides is 3. The van der Waals surface area contributed by atoms with Crippen LogP contribution in [-0.4, -0.2) is 52.7 Å². The highest BCUT2D eigenvalue weighted by atomic mass is 32.2. The van der Waals surface area contributed by atoms with E-state index in [1.807, 2.05) is 0 Å². The third kappa shape index (κ3) is 4.95. The second-order valence-electron chi connectivity index (χ2n) is 9.11. The van der Waals surface area contributed by atoms with Gasteiger partial charge in [0.25, 0.3) is 10.0 Å². The smallest absolute Gasteiger partial charge is 0.417 e. The number of benzene rings is 2. The molecule has 3 atom stereocenters. The molecule has 5 rings (SSSR count). The van der Waals surface area contributed by atoms with Crippen LogP contribution in [0.5, 0.6) is 5.75 Å². The molecule has 1 aromatic heterocycles. The minimum atomic E-state index is -4.89. The Labute approximate surface area is 218 Å². The summed E-state index contributed by atoms with van der Waals surface area (Å²) in [6.45, 7) is -0.120. The van der Waals surface area contributed by atoms with Crippen molar-refractivity contribution in [3.63, 3.8) is 0 Å². The summed E-state index contributed by atoms with van der Waals surface area (Å²) in [5.74, 6) is -1.59. The highest BCUT2D eigenvalue weighted by Crippen LogP contribution is 2.50. The number of fused-ring (bicyclic) bond motifs is 1. The molecule has 2 aliphatic rings. The Morgan fingerprint density at radius 2 is 1.89 bits per heavy atom. The second-order valence-corrected chi connectivity index (χ2v) is 11.5. The van der Waals surface area contributed by atoms with Gasteiger partial charge in [-0.1, -0.05) is 12.1 Å². The van der Waals surface area contributed by atoms with Gasteiger partial charge in [-0.3, -0.25) is 9.62 Å². The summed E-state index contributed by atoms with van der Waals surface area (Å²) in [5, 5.41) is 10.4. The summed E-state index contributed by atoms with van der Waals surface area (Å²) in [5.41, 5.74) is -2.35. The summed E-state index contributed by atoms with van der Waals surface area (Å²) in [6, 6.07) is 5.33. The molecule has 1 unspecified atom stereocenters. The van der Waals surface area contributed by atoms with Gasteiger partial charge in [0.05, 0.1) is 6.61 Å². The van der Waals surface area contributed by atoms with E-state index >= 15 is 4.39 Å². The quantitative estimate of drug-likeness (QED) is 0.429. The maximum absolute atomic E-state index is 15.2. The molecule has 3 aromatic rings. The van der Waals surface area contributed by atoms with Crippen molar-refractivity contribution in [2.75, 3.05) is 17.9 Å². The van der Waals surface area contributed by atoms with E-state index in [-0.39, 0.29) is 36.0 Å². The van der Waals surface area contributed by atoms with Crippen LogP contribution in [0.3, 0.4) is 0 Å². The van der Waals surface area contributed by atoms with E-state index in [0.717, 1.165) is 42.1 Å². The molecule has 0 saturated carbocycles. The van der Waals surface area contributed by atoms with E-state index in [2.05, 4.69) is 14.1 Å². The topological polar surface area (TPSA) is 105 Å². The SMILES string of the molecule is O=S(=O)(Nc1ncns1)c1cc2c(cc1F)C(N1CC[C@@](O)(C(F)(F)F)C[C@H]1c1ccc(F)cc1)CCO2. The van der Waals surface area contributed by atoms with Gasteiger partial charge in [-0.25, -0.2) is 22.2 Å². The molecule has 1 fully saturated rings. The van der Waals surface area contributed by atoms with E-state index in [1.54, 1.807) is 4.90 Å². The third-order valence-electron chi connectivity index (χ3n) is 6.84. The molecule has 0 bridgehead atoms. The van der Waals surface area contributed by atoms with Gasteiger partial charge < -0.3 is 9.84 Å². The van der Waals surface area contributed by atoms with E-state index < -0.39 is 63.3 Å². The van der Waals surface area contributed by atoms with Gasteiger partial charge in [0.1, 0.15) is 28.6 Å². The molecular weight excluding hydrogens is 555 g/mol. The minimum Gasteiger partial charge on any atom is -0.493 e. The van der Waals surface area contributed by atoms with Crippen LogP contribution in [0.2, 0.25) is 0 Å². The molecule has 2 N–H and O–H groups in total. The number of rotatable bonds is 5. The molecule has 2 aliphatic heterocycles. The molecule has 0 aliphatic carbocycles. The van der Waals surface area contributed by atoms with Gasteiger partial charge in [-0.05, 0) is 30.2 Å². The Bertz CT molecular complexity index is 1420. The Morgan fingerprint density at radius 3 is 2.55 bits per heavy atom. The van der Waals surface area contributed by atoms with Gasteiger partial charge in [-0.15, -0.1) is 0 Å². The number of nitrogens with one attached hydrogen (secondary N) is 1. The van der Waals surface area contributed by atoms with Crippen LogP contribution in [0.25, 0.3) is 0 Å². The van der Waals surface area contributed by atoms with Crippen molar-refractivity contribution in [2.45, 2.75) is 48.0 Å². The number of sulfonamides is 1. The van der Waals surface area contributed by atoms with Crippen molar-refractivity contribution < 1.29 is 40.2 Å². The molecule has 0 amide bonds. The predicted molar refractivity (Wildman–Crippen MR) is 126 cm³/mol. The van der Waals surface area contributed by atoms with Crippen LogP contribution in [0.4, 0.5) is 27.1 Å². The molecule has 3 heterocycles. The van der Waals surface area contributed by atoms with E-state index in [9.17, 15) is 31.1 Å². The molecule has 0 radical (unpaired) electrons. The number of halogens is 5. The van der Waals surface area contributed by atoms with E-state index in [0.29, 0.717) is 5.56 Å². The number of aromatic nitrogens is 2. The molecule has 15 heteroatoms.